The quantitative estimate of drug-likeness (QED) is 0.273. The van der Waals surface area contributed by atoms with Crippen LogP contribution in [0.15, 0.2) is 60.2 Å². The number of amides is 1. The lowest BCUT2D eigenvalue weighted by molar-refractivity contribution is -0.132. The summed E-state index contributed by atoms with van der Waals surface area (Å²) >= 11 is 6.37. The van der Waals surface area contributed by atoms with Crippen LogP contribution < -0.4 is 14.4 Å². The first-order valence-electron chi connectivity index (χ1n) is 11.0. The minimum Gasteiger partial charge on any atom is -0.507 e. The number of hydrogen-bond acceptors (Lipinski definition) is 5. The summed E-state index contributed by atoms with van der Waals surface area (Å²) in [7, 11) is 2.95. The number of nitrogens with zero attached hydrogens (tertiary/aromatic N) is 1. The lowest BCUT2D eigenvalue weighted by Gasteiger charge is -2.28. The third-order valence-electron chi connectivity index (χ3n) is 6.14. The Morgan fingerprint density at radius 3 is 2.31 bits per heavy atom. The highest BCUT2D eigenvalue weighted by atomic mass is 35.5. The van der Waals surface area contributed by atoms with Gasteiger partial charge in [0.15, 0.2) is 0 Å². The van der Waals surface area contributed by atoms with Crippen LogP contribution in [0.3, 0.4) is 0 Å². The number of carbonyl (C=O) groups excluding carboxylic acids is 2. The van der Waals surface area contributed by atoms with Crippen LogP contribution in [0, 0.1) is 20.8 Å². The fourth-order valence-electron chi connectivity index (χ4n) is 4.60. The predicted octanol–water partition coefficient (Wildman–Crippen LogP) is 5.91. The van der Waals surface area contributed by atoms with E-state index in [1.54, 1.807) is 36.4 Å². The van der Waals surface area contributed by atoms with E-state index in [-0.39, 0.29) is 27.7 Å². The molecular weight excluding hydrogens is 466 g/mol. The van der Waals surface area contributed by atoms with Gasteiger partial charge in [0.05, 0.1) is 36.4 Å². The molecule has 1 aliphatic heterocycles. The molecule has 0 aromatic heterocycles. The standard InChI is InChI=1S/C28H26ClNO5/c1-15-10-11-21(17(3)12-15)30-24(18-8-6-7-9-22(18)34-4)23(26(32)28(30)33)25(31)19-13-16(2)14-20(29)27(19)35-5/h6-14,24,31H,1-5H3/b25-23+. The maximum Gasteiger partial charge on any atom is 0.300 e. The molecule has 0 spiro atoms. The van der Waals surface area contributed by atoms with Crippen LogP contribution in [0.5, 0.6) is 11.5 Å². The van der Waals surface area contributed by atoms with Gasteiger partial charge in [0, 0.05) is 11.3 Å². The fraction of sp³-hybridized carbons (Fsp3) is 0.214. The van der Waals surface area contributed by atoms with Crippen molar-refractivity contribution in [3.8, 4) is 11.5 Å². The van der Waals surface area contributed by atoms with Crippen LogP contribution in [0.2, 0.25) is 5.02 Å². The maximum absolute atomic E-state index is 13.5. The van der Waals surface area contributed by atoms with E-state index in [9.17, 15) is 14.7 Å². The summed E-state index contributed by atoms with van der Waals surface area (Å²) in [6.45, 7) is 5.65. The van der Waals surface area contributed by atoms with E-state index < -0.39 is 17.7 Å². The van der Waals surface area contributed by atoms with Gasteiger partial charge in [-0.2, -0.15) is 0 Å². The number of ether oxygens (including phenoxy) is 2. The molecule has 1 amide bonds. The summed E-state index contributed by atoms with van der Waals surface area (Å²) in [5.74, 6) is -1.22. The van der Waals surface area contributed by atoms with Crippen LogP contribution in [0.4, 0.5) is 5.69 Å². The number of rotatable bonds is 5. The van der Waals surface area contributed by atoms with Gasteiger partial charge in [-0.15, -0.1) is 0 Å². The Hall–Kier alpha value is -3.77. The fourth-order valence-corrected chi connectivity index (χ4v) is 4.95. The second kappa shape index (κ2) is 9.47. The van der Waals surface area contributed by atoms with Crippen molar-refractivity contribution in [1.29, 1.82) is 0 Å². The molecule has 0 radical (unpaired) electrons. The van der Waals surface area contributed by atoms with Gasteiger partial charge in [-0.1, -0.05) is 47.5 Å². The number of halogens is 1. The predicted molar refractivity (Wildman–Crippen MR) is 136 cm³/mol. The third kappa shape index (κ3) is 4.15. The van der Waals surface area contributed by atoms with Gasteiger partial charge in [0.25, 0.3) is 11.7 Å². The minimum atomic E-state index is -0.934. The average Bonchev–Trinajstić information content (AvgIpc) is 3.08. The summed E-state index contributed by atoms with van der Waals surface area (Å²) in [6, 6.07) is 15.2. The van der Waals surface area contributed by atoms with Crippen LogP contribution in [0.1, 0.15) is 33.9 Å². The van der Waals surface area contributed by atoms with E-state index in [0.717, 1.165) is 16.7 Å². The number of methoxy groups -OCH3 is 2. The monoisotopic (exact) mass is 491 g/mol. The Labute approximate surface area is 209 Å². The van der Waals surface area contributed by atoms with Crippen molar-refractivity contribution in [2.24, 2.45) is 0 Å². The molecule has 1 atom stereocenters. The molecule has 3 aromatic rings. The highest BCUT2D eigenvalue weighted by molar-refractivity contribution is 6.52. The van der Waals surface area contributed by atoms with Gasteiger partial charge in [0.1, 0.15) is 17.3 Å². The van der Waals surface area contributed by atoms with Crippen LogP contribution in [-0.2, 0) is 9.59 Å². The minimum absolute atomic E-state index is 0.0700. The number of anilines is 1. The van der Waals surface area contributed by atoms with E-state index in [2.05, 4.69) is 0 Å². The summed E-state index contributed by atoms with van der Waals surface area (Å²) < 4.78 is 11.0. The Morgan fingerprint density at radius 1 is 0.943 bits per heavy atom. The number of ketones is 1. The molecule has 1 unspecified atom stereocenters. The largest absolute Gasteiger partial charge is 0.507 e. The molecule has 1 N–H and O–H groups in total. The molecule has 1 saturated heterocycles. The van der Waals surface area contributed by atoms with Gasteiger partial charge < -0.3 is 14.6 Å². The smallest absolute Gasteiger partial charge is 0.300 e. The molecular formula is C28H26ClNO5. The first kappa shape index (κ1) is 24.4. The van der Waals surface area contributed by atoms with E-state index in [1.807, 2.05) is 39.0 Å². The second-order valence-electron chi connectivity index (χ2n) is 8.53. The Bertz CT molecular complexity index is 1380. The van der Waals surface area contributed by atoms with Crippen molar-refractivity contribution in [2.75, 3.05) is 19.1 Å². The zero-order chi connectivity index (χ0) is 25.4. The lowest BCUT2D eigenvalue weighted by Crippen LogP contribution is -2.30. The van der Waals surface area contributed by atoms with E-state index in [4.69, 9.17) is 21.1 Å². The van der Waals surface area contributed by atoms with Gasteiger partial charge in [0.2, 0.25) is 0 Å². The molecule has 3 aromatic carbocycles. The van der Waals surface area contributed by atoms with Crippen LogP contribution >= 0.6 is 11.6 Å². The molecule has 0 bridgehead atoms. The van der Waals surface area contributed by atoms with Crippen molar-refractivity contribution in [1.82, 2.24) is 0 Å². The molecule has 4 rings (SSSR count). The normalized spacial score (nSPS) is 17.1. The van der Waals surface area contributed by atoms with Crippen molar-refractivity contribution >= 4 is 34.7 Å². The number of aryl methyl sites for hydroxylation is 3. The second-order valence-corrected chi connectivity index (χ2v) is 8.94. The van der Waals surface area contributed by atoms with Crippen molar-refractivity contribution in [3.63, 3.8) is 0 Å². The Morgan fingerprint density at radius 2 is 1.66 bits per heavy atom. The molecule has 180 valence electrons. The van der Waals surface area contributed by atoms with Gasteiger partial charge in [-0.3, -0.25) is 14.5 Å². The maximum atomic E-state index is 13.5. The summed E-state index contributed by atoms with van der Waals surface area (Å²) in [5.41, 5.74) is 3.90. The third-order valence-corrected chi connectivity index (χ3v) is 6.42. The first-order chi connectivity index (χ1) is 16.7. The number of aliphatic hydroxyl groups excluding tert-OH is 1. The van der Waals surface area contributed by atoms with Crippen LogP contribution in [-0.4, -0.2) is 31.0 Å². The molecule has 1 aliphatic rings. The Balaban J connectivity index is 2.07. The number of hydrogen-bond donors (Lipinski definition) is 1. The van der Waals surface area contributed by atoms with E-state index in [1.165, 1.54) is 19.1 Å². The molecule has 0 saturated carbocycles. The molecule has 6 nitrogen and oxygen atoms in total. The molecule has 35 heavy (non-hydrogen) atoms. The zero-order valence-corrected chi connectivity index (χ0v) is 20.9. The SMILES string of the molecule is COc1ccccc1C1/C(=C(\O)c2cc(C)cc(Cl)c2OC)C(=O)C(=O)N1c1ccc(C)cc1C. The highest BCUT2D eigenvalue weighted by Gasteiger charge is 2.48. The first-order valence-corrected chi connectivity index (χ1v) is 11.4. The number of benzene rings is 3. The van der Waals surface area contributed by atoms with Gasteiger partial charge in [-0.05, 0) is 56.2 Å². The van der Waals surface area contributed by atoms with Crippen molar-refractivity contribution in [3.05, 3.63) is 93.0 Å². The van der Waals surface area contributed by atoms with E-state index >= 15 is 0 Å². The Kier molecular flexibility index (Phi) is 6.59. The lowest BCUT2D eigenvalue weighted by atomic mass is 9.93. The topological polar surface area (TPSA) is 76.1 Å². The van der Waals surface area contributed by atoms with Crippen LogP contribution in [0.25, 0.3) is 5.76 Å². The number of Topliss-reactive ketones (excluding diaryl/α,β-unsaturated/α-hetero) is 1. The molecule has 1 heterocycles. The summed E-state index contributed by atoms with van der Waals surface area (Å²) in [4.78, 5) is 28.4. The van der Waals surface area contributed by atoms with Crippen molar-refractivity contribution in [2.45, 2.75) is 26.8 Å². The number of carbonyl (C=O) groups is 2. The zero-order valence-electron chi connectivity index (χ0n) is 20.2. The summed E-state index contributed by atoms with van der Waals surface area (Å²) in [6.07, 6.45) is 0. The van der Waals surface area contributed by atoms with Gasteiger partial charge in [-0.25, -0.2) is 0 Å². The number of aliphatic hydroxyl groups is 1. The van der Waals surface area contributed by atoms with Crippen molar-refractivity contribution < 1.29 is 24.2 Å². The number of para-hydroxylation sites is 1. The molecule has 1 fully saturated rings. The molecule has 7 heteroatoms. The van der Waals surface area contributed by atoms with E-state index in [0.29, 0.717) is 17.0 Å². The highest BCUT2D eigenvalue weighted by Crippen LogP contribution is 2.47. The summed E-state index contributed by atoms with van der Waals surface area (Å²) in [5, 5.41) is 11.8. The van der Waals surface area contributed by atoms with Gasteiger partial charge >= 0.3 is 0 Å². The average molecular weight is 492 g/mol. The molecule has 0 aliphatic carbocycles.